The van der Waals surface area contributed by atoms with Gasteiger partial charge in [-0.2, -0.15) is 0 Å². The lowest BCUT2D eigenvalue weighted by Crippen LogP contribution is -2.71. The minimum atomic E-state index is -1.32. The average molecular weight is 718 g/mol. The molecule has 2 fully saturated rings. The Hall–Kier alpha value is -4.95. The quantitative estimate of drug-likeness (QED) is 0.0759. The lowest BCUT2D eigenvalue weighted by atomic mass is 10.0. The third-order valence-corrected chi connectivity index (χ3v) is 11.0. The molecule has 49 heavy (non-hydrogen) atoms. The molecule has 18 nitrogen and oxygen atoms in total. The van der Waals surface area contributed by atoms with Crippen LogP contribution in [0.3, 0.4) is 0 Å². The van der Waals surface area contributed by atoms with Crippen LogP contribution in [0.2, 0.25) is 0 Å². The van der Waals surface area contributed by atoms with Crippen molar-refractivity contribution in [2.75, 3.05) is 57.4 Å². The standard InChI is InChI=1S/C29H32N8O10S2/c30-29-31-16(14-49-29)21(33-47-12-20(40)41)24(42)32-22-26(44)36-23(28(45)46)15(13-48-27(22)36)11-37(6-1-2-7-37)8-5-34-3-4-35-10-19(39)18(38)9-17(35)25(34)43/h9-10,14,22,27H,1-8,11-13H2,(H5-,30,31,32,39,40,41,42,45,46)/p+1/b33-21-. The highest BCUT2D eigenvalue weighted by Gasteiger charge is 2.55. The first-order valence-corrected chi connectivity index (χ1v) is 17.2. The van der Waals surface area contributed by atoms with Crippen molar-refractivity contribution in [1.82, 2.24) is 24.7 Å². The summed E-state index contributed by atoms with van der Waals surface area (Å²) in [4.78, 5) is 87.0. The van der Waals surface area contributed by atoms with Crippen LogP contribution in [0.5, 0.6) is 5.75 Å². The van der Waals surface area contributed by atoms with Gasteiger partial charge in [0.1, 0.15) is 35.0 Å². The Morgan fingerprint density at radius 2 is 1.92 bits per heavy atom. The summed E-state index contributed by atoms with van der Waals surface area (Å²) in [5, 5.41) is 35.9. The van der Waals surface area contributed by atoms with E-state index in [0.717, 1.165) is 43.3 Å². The van der Waals surface area contributed by atoms with Crippen LogP contribution in [-0.4, -0.2) is 138 Å². The second-order valence-corrected chi connectivity index (χ2v) is 14.1. The molecule has 20 heteroatoms. The highest BCUT2D eigenvalue weighted by molar-refractivity contribution is 8.00. The number of thiazole rings is 1. The van der Waals surface area contributed by atoms with E-state index in [1.807, 2.05) is 0 Å². The molecule has 2 aromatic heterocycles. The van der Waals surface area contributed by atoms with E-state index in [1.165, 1.54) is 28.2 Å². The summed E-state index contributed by atoms with van der Waals surface area (Å²) >= 11 is 2.33. The van der Waals surface area contributed by atoms with Crippen molar-refractivity contribution >= 4 is 63.6 Å². The first-order chi connectivity index (χ1) is 23.4. The average Bonchev–Trinajstić information content (AvgIpc) is 3.71. The van der Waals surface area contributed by atoms with Crippen LogP contribution in [0.25, 0.3) is 0 Å². The molecule has 0 aliphatic carbocycles. The fraction of sp³-hybridized carbons (Fsp3) is 0.448. The van der Waals surface area contributed by atoms with E-state index < -0.39 is 58.7 Å². The number of rotatable bonds is 12. The van der Waals surface area contributed by atoms with Gasteiger partial charge in [-0.25, -0.2) is 14.6 Å². The molecule has 6 rings (SSSR count). The van der Waals surface area contributed by atoms with Gasteiger partial charge in [0.2, 0.25) is 12.0 Å². The smallest absolute Gasteiger partial charge is 0.352 e. The number of nitrogens with two attached hydrogens (primary N) is 1. The van der Waals surface area contributed by atoms with Crippen LogP contribution < -0.4 is 16.5 Å². The number of quaternary nitrogens is 1. The molecule has 0 radical (unpaired) electrons. The molecule has 6 N–H and O–H groups in total. The van der Waals surface area contributed by atoms with Gasteiger partial charge in [0.25, 0.3) is 17.7 Å². The number of nitrogen functional groups attached to an aromatic ring is 1. The van der Waals surface area contributed by atoms with Gasteiger partial charge in [-0.05, 0) is 0 Å². The van der Waals surface area contributed by atoms with Crippen molar-refractivity contribution in [2.45, 2.75) is 30.8 Å². The van der Waals surface area contributed by atoms with Gasteiger partial charge in [0, 0.05) is 48.7 Å². The van der Waals surface area contributed by atoms with Crippen LogP contribution in [0, 0.1) is 0 Å². The van der Waals surface area contributed by atoms with E-state index >= 15 is 0 Å². The number of hydrogen-bond acceptors (Lipinski definition) is 13. The predicted molar refractivity (Wildman–Crippen MR) is 174 cm³/mol. The number of carbonyl (C=O) groups excluding carboxylic acids is 3. The lowest BCUT2D eigenvalue weighted by Gasteiger charge is -2.50. The minimum absolute atomic E-state index is 0.0158. The van der Waals surface area contributed by atoms with Gasteiger partial charge in [-0.1, -0.05) is 5.16 Å². The molecular formula is C29H33N8O10S2+. The minimum Gasteiger partial charge on any atom is -0.503 e. The zero-order valence-corrected chi connectivity index (χ0v) is 27.6. The maximum atomic E-state index is 13.4. The Labute approximate surface area is 286 Å². The molecular weight excluding hydrogens is 684 g/mol. The van der Waals surface area contributed by atoms with Gasteiger partial charge >= 0.3 is 11.9 Å². The molecule has 2 saturated heterocycles. The fourth-order valence-corrected chi connectivity index (χ4v) is 8.49. The van der Waals surface area contributed by atoms with Crippen molar-refractivity contribution in [3.8, 4) is 5.75 Å². The highest BCUT2D eigenvalue weighted by atomic mass is 32.2. The van der Waals surface area contributed by atoms with E-state index in [-0.39, 0.29) is 33.9 Å². The Morgan fingerprint density at radius 3 is 2.59 bits per heavy atom. The number of anilines is 1. The molecule has 0 bridgehead atoms. The first kappa shape index (κ1) is 33.9. The molecule has 3 amide bonds. The van der Waals surface area contributed by atoms with Crippen LogP contribution in [0.4, 0.5) is 5.13 Å². The number of nitrogens with zero attached hydrogens (tertiary/aromatic N) is 6. The number of carboxylic acid groups (broad SMARTS) is 2. The third kappa shape index (κ3) is 6.70. The normalized spacial score (nSPS) is 21.6. The topological polar surface area (TPSA) is 247 Å². The van der Waals surface area contributed by atoms with Gasteiger partial charge in [-0.15, -0.1) is 23.1 Å². The van der Waals surface area contributed by atoms with E-state index in [4.69, 9.17) is 15.7 Å². The van der Waals surface area contributed by atoms with Crippen molar-refractivity contribution in [1.29, 1.82) is 0 Å². The number of amides is 3. The fourth-order valence-electron chi connectivity index (χ4n) is 6.61. The van der Waals surface area contributed by atoms with Crippen LogP contribution in [0.15, 0.2) is 38.9 Å². The summed E-state index contributed by atoms with van der Waals surface area (Å²) in [6.45, 7) is 2.77. The van der Waals surface area contributed by atoms with Crippen molar-refractivity contribution in [3.05, 3.63) is 50.5 Å². The Morgan fingerprint density at radius 1 is 1.16 bits per heavy atom. The molecule has 260 valence electrons. The second-order valence-electron chi connectivity index (χ2n) is 12.1. The number of oxime groups is 1. The molecule has 4 aliphatic heterocycles. The second kappa shape index (κ2) is 13.5. The Kier molecular flexibility index (Phi) is 9.36. The van der Waals surface area contributed by atoms with Gasteiger partial charge in [0.15, 0.2) is 16.6 Å². The summed E-state index contributed by atoms with van der Waals surface area (Å²) in [6, 6.07) is 0.0468. The number of aromatic nitrogens is 2. The van der Waals surface area contributed by atoms with E-state index in [2.05, 4.69) is 15.5 Å². The monoisotopic (exact) mass is 717 g/mol. The Balaban J connectivity index is 1.16. The predicted octanol–water partition coefficient (Wildman–Crippen LogP) is -1.10. The summed E-state index contributed by atoms with van der Waals surface area (Å²) in [6.07, 6.45) is 3.10. The molecule has 2 atom stereocenters. The molecule has 0 aromatic carbocycles. The maximum absolute atomic E-state index is 13.4. The first-order valence-electron chi connectivity index (χ1n) is 15.3. The number of nitrogens with one attached hydrogen (secondary N) is 1. The summed E-state index contributed by atoms with van der Waals surface area (Å²) < 4.78 is 2.09. The molecule has 6 heterocycles. The van der Waals surface area contributed by atoms with Crippen molar-refractivity contribution < 1.29 is 48.6 Å². The van der Waals surface area contributed by atoms with Gasteiger partial charge in [0.05, 0.1) is 32.4 Å². The third-order valence-electron chi connectivity index (χ3n) is 8.97. The summed E-state index contributed by atoms with van der Waals surface area (Å²) in [5.41, 5.74) is 5.33. The lowest BCUT2D eigenvalue weighted by molar-refractivity contribution is -0.911. The SMILES string of the molecule is Nc1nc(/C(=N/OCC(=O)O)C(=O)NC2C(=O)N3C(C(=O)O)=C(C[N+]4(CCN5CCn6cc(O)c(=O)cc6C5=O)CCCC4)CSC23)cs1. The number of carboxylic acids is 2. The van der Waals surface area contributed by atoms with E-state index in [1.54, 1.807) is 9.47 Å². The number of thioether (sulfide) groups is 1. The zero-order chi connectivity index (χ0) is 35.0. The molecule has 4 aliphatic rings. The number of aliphatic carboxylic acids is 2. The van der Waals surface area contributed by atoms with Crippen LogP contribution >= 0.6 is 23.1 Å². The number of hydrogen-bond donors (Lipinski definition) is 5. The number of pyridine rings is 1. The van der Waals surface area contributed by atoms with Gasteiger partial charge in [-0.3, -0.25) is 24.1 Å². The van der Waals surface area contributed by atoms with Gasteiger partial charge < -0.3 is 45.2 Å². The summed E-state index contributed by atoms with van der Waals surface area (Å²) in [7, 11) is 0. The Bertz CT molecular complexity index is 1850. The van der Waals surface area contributed by atoms with E-state index in [0.29, 0.717) is 42.8 Å². The number of likely N-dealkylation sites (tertiary alicyclic amines) is 1. The molecule has 2 aromatic rings. The zero-order valence-electron chi connectivity index (χ0n) is 25.9. The number of fused-ring (bicyclic) bond motifs is 2. The van der Waals surface area contributed by atoms with Crippen LogP contribution in [-0.2, 0) is 30.6 Å². The molecule has 2 unspecified atom stereocenters. The van der Waals surface area contributed by atoms with Crippen molar-refractivity contribution in [2.24, 2.45) is 5.16 Å². The van der Waals surface area contributed by atoms with Crippen molar-refractivity contribution in [3.63, 3.8) is 0 Å². The number of β-lactam (4-membered cyclic amide) rings is 1. The molecule has 0 spiro atoms. The highest BCUT2D eigenvalue weighted by Crippen LogP contribution is 2.41. The number of aromatic hydroxyl groups is 1. The molecule has 0 saturated carbocycles. The number of carbonyl (C=O) groups is 5. The largest absolute Gasteiger partial charge is 0.503 e. The van der Waals surface area contributed by atoms with E-state index in [9.17, 15) is 39.0 Å². The van der Waals surface area contributed by atoms with Crippen LogP contribution in [0.1, 0.15) is 29.0 Å². The summed E-state index contributed by atoms with van der Waals surface area (Å²) in [5.74, 6) is -4.54. The maximum Gasteiger partial charge on any atom is 0.352 e.